The van der Waals surface area contributed by atoms with Gasteiger partial charge in [0.25, 0.3) is 0 Å². The number of aryl methyl sites for hydroxylation is 1. The van der Waals surface area contributed by atoms with Crippen molar-refractivity contribution in [2.24, 2.45) is 5.92 Å². The predicted octanol–water partition coefficient (Wildman–Crippen LogP) is 3.96. The first-order valence-electron chi connectivity index (χ1n) is 10.6. The molecule has 0 amide bonds. The molecule has 1 N–H and O–H groups in total. The molecular formula is C23H29NO4S2. The summed E-state index contributed by atoms with van der Waals surface area (Å²) in [6.07, 6.45) is 6.99. The van der Waals surface area contributed by atoms with Crippen molar-refractivity contribution in [3.8, 4) is 0 Å². The molecule has 2 aromatic rings. The fourth-order valence-corrected chi connectivity index (χ4v) is 6.92. The minimum Gasteiger partial charge on any atom is -0.383 e. The molecule has 1 fully saturated rings. The maximum Gasteiger partial charge on any atom is 0.196 e. The quantitative estimate of drug-likeness (QED) is 0.662. The first kappa shape index (κ1) is 21.7. The van der Waals surface area contributed by atoms with Crippen molar-refractivity contribution >= 4 is 27.0 Å². The van der Waals surface area contributed by atoms with Crippen LogP contribution in [0, 0.1) is 5.92 Å². The fraction of sp³-hybridized carbons (Fsp3) is 0.565. The molecule has 1 saturated carbocycles. The molecule has 7 heteroatoms. The van der Waals surface area contributed by atoms with E-state index in [1.165, 1.54) is 35.7 Å². The molecular weight excluding hydrogens is 418 g/mol. The molecule has 0 spiro atoms. The highest BCUT2D eigenvalue weighted by molar-refractivity contribution is 7.94. The summed E-state index contributed by atoms with van der Waals surface area (Å²) in [6, 6.07) is 4.37. The molecule has 0 radical (unpaired) electrons. The minimum atomic E-state index is -3.77. The Morgan fingerprint density at radius 2 is 2.03 bits per heavy atom. The average Bonchev–Trinajstić information content (AvgIpc) is 3.16. The topological polar surface area (TPSA) is 84.3 Å². The van der Waals surface area contributed by atoms with Crippen molar-refractivity contribution in [1.29, 1.82) is 0 Å². The third-order valence-electron chi connectivity index (χ3n) is 6.30. The predicted molar refractivity (Wildman–Crippen MR) is 118 cm³/mol. The summed E-state index contributed by atoms with van der Waals surface area (Å²) in [5.41, 5.74) is 3.68. The number of Topliss-reactive ketones (excluding diaryl/α,β-unsaturated/α-hetero) is 1. The summed E-state index contributed by atoms with van der Waals surface area (Å²) in [4.78, 5) is 17.0. The first-order chi connectivity index (χ1) is 14.1. The fourth-order valence-electron chi connectivity index (χ4n) is 4.46. The number of carbonyl (C=O) groups is 1. The van der Waals surface area contributed by atoms with Gasteiger partial charge in [0, 0.05) is 6.42 Å². The van der Waals surface area contributed by atoms with Crippen molar-refractivity contribution in [3.63, 3.8) is 0 Å². The number of carbonyl (C=O) groups excluding carboxylic acids is 1. The number of hydrogen-bond donors (Lipinski definition) is 1. The van der Waals surface area contributed by atoms with Gasteiger partial charge in [-0.25, -0.2) is 13.4 Å². The molecule has 2 aliphatic carbocycles. The summed E-state index contributed by atoms with van der Waals surface area (Å²) >= 11 is 0.934. The normalized spacial score (nSPS) is 17.7. The molecule has 162 valence electrons. The lowest BCUT2D eigenvalue weighted by atomic mass is 9.86. The second-order valence-corrected chi connectivity index (χ2v) is 12.5. The Labute approximate surface area is 182 Å². The maximum atomic E-state index is 12.9. The van der Waals surface area contributed by atoms with Crippen LogP contribution in [0.1, 0.15) is 73.2 Å². The summed E-state index contributed by atoms with van der Waals surface area (Å²) in [7, 11) is -3.77. The van der Waals surface area contributed by atoms with E-state index in [0.717, 1.165) is 36.2 Å². The average molecular weight is 448 g/mol. The number of nitrogens with zero attached hydrogens (tertiary/aromatic N) is 1. The van der Waals surface area contributed by atoms with Gasteiger partial charge in [0.15, 0.2) is 15.6 Å². The van der Waals surface area contributed by atoms with E-state index in [1.807, 2.05) is 0 Å². The van der Waals surface area contributed by atoms with E-state index in [9.17, 15) is 18.3 Å². The maximum absolute atomic E-state index is 12.9. The van der Waals surface area contributed by atoms with Gasteiger partial charge in [-0.15, -0.1) is 11.3 Å². The number of ketones is 1. The molecule has 2 aliphatic rings. The van der Waals surface area contributed by atoms with E-state index in [-0.39, 0.29) is 16.4 Å². The lowest BCUT2D eigenvalue weighted by molar-refractivity contribution is -0.116. The smallest absolute Gasteiger partial charge is 0.196 e. The highest BCUT2D eigenvalue weighted by Gasteiger charge is 2.33. The van der Waals surface area contributed by atoms with Crippen molar-refractivity contribution in [1.82, 2.24) is 4.98 Å². The van der Waals surface area contributed by atoms with Crippen molar-refractivity contribution < 1.29 is 18.3 Å². The van der Waals surface area contributed by atoms with Crippen LogP contribution < -0.4 is 0 Å². The third-order valence-corrected chi connectivity index (χ3v) is 9.83. The third kappa shape index (κ3) is 4.39. The zero-order chi connectivity index (χ0) is 21.7. The molecule has 1 aromatic carbocycles. The van der Waals surface area contributed by atoms with E-state index >= 15 is 0 Å². The van der Waals surface area contributed by atoms with Gasteiger partial charge in [-0.1, -0.05) is 19.1 Å². The van der Waals surface area contributed by atoms with Crippen molar-refractivity contribution in [2.75, 3.05) is 5.75 Å². The number of fused-ring (bicyclic) bond motifs is 1. The Balaban J connectivity index is 1.57. The second-order valence-electron chi connectivity index (χ2n) is 9.27. The first-order valence-corrected chi connectivity index (χ1v) is 13.1. The molecule has 0 unspecified atom stereocenters. The van der Waals surface area contributed by atoms with Crippen LogP contribution in [0.3, 0.4) is 0 Å². The molecule has 0 aliphatic heterocycles. The number of hydrogen-bond acceptors (Lipinski definition) is 6. The monoisotopic (exact) mass is 447 g/mol. The lowest BCUT2D eigenvalue weighted by Gasteiger charge is -2.19. The van der Waals surface area contributed by atoms with Crippen LogP contribution in [0.5, 0.6) is 0 Å². The van der Waals surface area contributed by atoms with Gasteiger partial charge in [-0.05, 0) is 80.0 Å². The molecule has 1 aromatic heterocycles. The molecule has 30 heavy (non-hydrogen) atoms. The molecule has 0 saturated heterocycles. The van der Waals surface area contributed by atoms with Gasteiger partial charge in [0.2, 0.25) is 0 Å². The number of rotatable bonds is 8. The zero-order valence-corrected chi connectivity index (χ0v) is 19.4. The number of aliphatic hydroxyl groups is 1. The van der Waals surface area contributed by atoms with Gasteiger partial charge in [0.1, 0.15) is 20.6 Å². The van der Waals surface area contributed by atoms with E-state index in [4.69, 9.17) is 0 Å². The van der Waals surface area contributed by atoms with Crippen molar-refractivity contribution in [3.05, 3.63) is 45.6 Å². The Hall–Kier alpha value is -1.57. The van der Waals surface area contributed by atoms with E-state index in [1.54, 1.807) is 13.8 Å². The Kier molecular flexibility index (Phi) is 5.66. The van der Waals surface area contributed by atoms with E-state index < -0.39 is 21.2 Å². The Morgan fingerprint density at radius 1 is 1.30 bits per heavy atom. The Bertz CT molecular complexity index is 1080. The molecule has 4 rings (SSSR count). The van der Waals surface area contributed by atoms with Gasteiger partial charge in [0.05, 0.1) is 6.20 Å². The molecule has 1 atom stereocenters. The highest BCUT2D eigenvalue weighted by atomic mass is 32.2. The SMILES string of the molecule is C[C@H](c1ccc2c(c1CC(=O)CS(=O)(=O)c1cnc(C(C)(C)O)s1)CCC2)C1CC1. The highest BCUT2D eigenvalue weighted by Crippen LogP contribution is 2.44. The van der Waals surface area contributed by atoms with Crippen LogP contribution >= 0.6 is 11.3 Å². The van der Waals surface area contributed by atoms with Crippen LogP contribution in [0.15, 0.2) is 22.5 Å². The van der Waals surface area contributed by atoms with Crippen LogP contribution in [-0.2, 0) is 39.5 Å². The van der Waals surface area contributed by atoms with Gasteiger partial charge >= 0.3 is 0 Å². The summed E-state index contributed by atoms with van der Waals surface area (Å²) in [5, 5.41) is 10.4. The number of thiazole rings is 1. The lowest BCUT2D eigenvalue weighted by Crippen LogP contribution is -2.19. The standard InChI is InChI=1S/C23H29NO4S2/c1-14(15-7-8-15)18-10-9-16-5-4-6-19(16)20(18)11-17(25)13-30(27,28)21-12-24-22(29-21)23(2,3)26/h9-10,12,14-15,26H,4-8,11,13H2,1-3H3/t14-/m0/s1. The van der Waals surface area contributed by atoms with Crippen LogP contribution in [0.25, 0.3) is 0 Å². The van der Waals surface area contributed by atoms with Gasteiger partial charge < -0.3 is 5.11 Å². The zero-order valence-electron chi connectivity index (χ0n) is 17.8. The largest absolute Gasteiger partial charge is 0.383 e. The molecule has 0 bridgehead atoms. The summed E-state index contributed by atoms with van der Waals surface area (Å²) in [6.45, 7) is 5.35. The van der Waals surface area contributed by atoms with Gasteiger partial charge in [-0.3, -0.25) is 4.79 Å². The van der Waals surface area contributed by atoms with Crippen LogP contribution in [0.2, 0.25) is 0 Å². The number of aromatic nitrogens is 1. The van der Waals surface area contributed by atoms with E-state index in [0.29, 0.717) is 16.8 Å². The summed E-state index contributed by atoms with van der Waals surface area (Å²) in [5.74, 6) is 0.282. The summed E-state index contributed by atoms with van der Waals surface area (Å²) < 4.78 is 25.7. The minimum absolute atomic E-state index is 0.0397. The van der Waals surface area contributed by atoms with Crippen molar-refractivity contribution in [2.45, 2.75) is 75.0 Å². The Morgan fingerprint density at radius 3 is 2.67 bits per heavy atom. The van der Waals surface area contributed by atoms with Crippen LogP contribution in [-0.4, -0.2) is 30.0 Å². The number of sulfone groups is 1. The van der Waals surface area contributed by atoms with Gasteiger partial charge in [-0.2, -0.15) is 0 Å². The van der Waals surface area contributed by atoms with E-state index in [2.05, 4.69) is 24.0 Å². The van der Waals surface area contributed by atoms with Crippen LogP contribution in [0.4, 0.5) is 0 Å². The number of benzene rings is 1. The second kappa shape index (κ2) is 7.84. The molecule has 1 heterocycles. The molecule has 5 nitrogen and oxygen atoms in total.